The van der Waals surface area contributed by atoms with E-state index in [1.54, 1.807) is 0 Å². The minimum Gasteiger partial charge on any atom is -0.373 e. The summed E-state index contributed by atoms with van der Waals surface area (Å²) in [6.07, 6.45) is 6.81. The molecule has 7 heteroatoms. The molecule has 3 fully saturated rings. The number of rotatable bonds is 4. The Labute approximate surface area is 168 Å². The highest BCUT2D eigenvalue weighted by atomic mass is 16.2. The molecule has 4 rings (SSSR count). The van der Waals surface area contributed by atoms with E-state index < -0.39 is 0 Å². The first kappa shape index (κ1) is 19.4. The van der Waals surface area contributed by atoms with Gasteiger partial charge in [-0.05, 0) is 52.0 Å². The van der Waals surface area contributed by atoms with E-state index in [1.165, 1.54) is 12.8 Å². The summed E-state index contributed by atoms with van der Waals surface area (Å²) in [4.78, 5) is 29.1. The molecule has 1 atom stereocenters. The Morgan fingerprint density at radius 2 is 1.79 bits per heavy atom. The Morgan fingerprint density at radius 3 is 2.50 bits per heavy atom. The maximum Gasteiger partial charge on any atom is 0.227 e. The van der Waals surface area contributed by atoms with Crippen molar-refractivity contribution in [2.24, 2.45) is 5.92 Å². The molecular formula is C21H34N6O. The van der Waals surface area contributed by atoms with Crippen molar-refractivity contribution in [1.29, 1.82) is 0 Å². The van der Waals surface area contributed by atoms with Crippen LogP contribution in [0.25, 0.3) is 0 Å². The summed E-state index contributed by atoms with van der Waals surface area (Å²) in [5.41, 5.74) is 0.996. The zero-order valence-electron chi connectivity index (χ0n) is 17.4. The second kappa shape index (κ2) is 8.64. The summed E-state index contributed by atoms with van der Waals surface area (Å²) < 4.78 is 0. The largest absolute Gasteiger partial charge is 0.373 e. The number of amides is 1. The summed E-state index contributed by atoms with van der Waals surface area (Å²) in [5.74, 6) is 2.34. The lowest BCUT2D eigenvalue weighted by molar-refractivity contribution is -0.136. The molecule has 0 spiro atoms. The number of piperidine rings is 2. The van der Waals surface area contributed by atoms with Crippen molar-refractivity contribution in [2.45, 2.75) is 51.5 Å². The van der Waals surface area contributed by atoms with Gasteiger partial charge in [-0.3, -0.25) is 9.69 Å². The zero-order chi connectivity index (χ0) is 19.5. The highest BCUT2D eigenvalue weighted by Crippen LogP contribution is 2.27. The molecule has 1 N–H and O–H groups in total. The van der Waals surface area contributed by atoms with Crippen molar-refractivity contribution in [3.63, 3.8) is 0 Å². The molecule has 1 unspecified atom stereocenters. The number of likely N-dealkylation sites (tertiary alicyclic amines) is 2. The summed E-state index contributed by atoms with van der Waals surface area (Å²) in [6.45, 7) is 8.02. The van der Waals surface area contributed by atoms with Gasteiger partial charge in [0.05, 0.1) is 5.92 Å². The Kier molecular flexibility index (Phi) is 5.99. The van der Waals surface area contributed by atoms with Crippen LogP contribution in [0.3, 0.4) is 0 Å². The monoisotopic (exact) mass is 386 g/mol. The van der Waals surface area contributed by atoms with Crippen molar-refractivity contribution >= 4 is 17.7 Å². The Balaban J connectivity index is 1.33. The van der Waals surface area contributed by atoms with Crippen LogP contribution in [0, 0.1) is 12.8 Å². The second-order valence-corrected chi connectivity index (χ2v) is 8.53. The SMILES string of the molecule is CNc1cc(C)nc(N2CCC(N3CCCC(C(=O)N4CCCC4)C3)CC2)n1. The van der Waals surface area contributed by atoms with Gasteiger partial charge in [0.1, 0.15) is 5.82 Å². The van der Waals surface area contributed by atoms with Gasteiger partial charge in [-0.2, -0.15) is 4.98 Å². The van der Waals surface area contributed by atoms with Crippen LogP contribution in [0.5, 0.6) is 0 Å². The van der Waals surface area contributed by atoms with Crippen molar-refractivity contribution in [1.82, 2.24) is 19.8 Å². The summed E-state index contributed by atoms with van der Waals surface area (Å²) in [5, 5.41) is 3.12. The van der Waals surface area contributed by atoms with Crippen molar-refractivity contribution in [2.75, 3.05) is 56.5 Å². The number of nitrogens with zero attached hydrogens (tertiary/aromatic N) is 5. The lowest BCUT2D eigenvalue weighted by Gasteiger charge is -2.42. The molecule has 1 aromatic rings. The Hall–Kier alpha value is -1.89. The first-order valence-electron chi connectivity index (χ1n) is 11.0. The van der Waals surface area contributed by atoms with E-state index in [4.69, 9.17) is 0 Å². The van der Waals surface area contributed by atoms with Gasteiger partial charge in [-0.15, -0.1) is 0 Å². The molecule has 0 bridgehead atoms. The molecule has 4 heterocycles. The van der Waals surface area contributed by atoms with Crippen LogP contribution in [-0.4, -0.2) is 78.0 Å². The maximum atomic E-state index is 12.8. The second-order valence-electron chi connectivity index (χ2n) is 8.53. The van der Waals surface area contributed by atoms with Gasteiger partial charge in [0.2, 0.25) is 11.9 Å². The van der Waals surface area contributed by atoms with Gasteiger partial charge in [0.15, 0.2) is 0 Å². The van der Waals surface area contributed by atoms with E-state index >= 15 is 0 Å². The quantitative estimate of drug-likeness (QED) is 0.855. The number of anilines is 2. The van der Waals surface area contributed by atoms with E-state index in [1.807, 2.05) is 20.0 Å². The molecule has 1 amide bonds. The van der Waals surface area contributed by atoms with Crippen molar-refractivity contribution in [3.8, 4) is 0 Å². The molecule has 3 aliphatic rings. The number of carbonyl (C=O) groups is 1. The number of hydrogen-bond donors (Lipinski definition) is 1. The van der Waals surface area contributed by atoms with Gasteiger partial charge >= 0.3 is 0 Å². The highest BCUT2D eigenvalue weighted by Gasteiger charge is 2.34. The van der Waals surface area contributed by atoms with Gasteiger partial charge in [-0.1, -0.05) is 0 Å². The molecule has 28 heavy (non-hydrogen) atoms. The van der Waals surface area contributed by atoms with Crippen molar-refractivity contribution < 1.29 is 4.79 Å². The standard InChI is InChI=1S/C21H34N6O/c1-16-14-19(22-2)24-21(23-16)26-12-7-18(8-13-26)27-11-5-6-17(15-27)20(28)25-9-3-4-10-25/h14,17-18H,3-13,15H2,1-2H3,(H,22,23,24). The Bertz CT molecular complexity index is 681. The first-order valence-corrected chi connectivity index (χ1v) is 11.0. The van der Waals surface area contributed by atoms with Crippen LogP contribution in [0.4, 0.5) is 11.8 Å². The van der Waals surface area contributed by atoms with Crippen LogP contribution in [-0.2, 0) is 4.79 Å². The lowest BCUT2D eigenvalue weighted by atomic mass is 9.93. The minimum atomic E-state index is 0.211. The third-order valence-electron chi connectivity index (χ3n) is 6.58. The van der Waals surface area contributed by atoms with E-state index in [-0.39, 0.29) is 5.92 Å². The van der Waals surface area contributed by atoms with Gasteiger partial charge < -0.3 is 15.1 Å². The first-order chi connectivity index (χ1) is 13.6. The fourth-order valence-electron chi connectivity index (χ4n) is 4.99. The number of aromatic nitrogens is 2. The van der Waals surface area contributed by atoms with Crippen LogP contribution < -0.4 is 10.2 Å². The fourth-order valence-corrected chi connectivity index (χ4v) is 4.99. The van der Waals surface area contributed by atoms with E-state index in [0.29, 0.717) is 11.9 Å². The molecule has 1 aromatic heterocycles. The average molecular weight is 387 g/mol. The summed E-state index contributed by atoms with van der Waals surface area (Å²) in [7, 11) is 1.90. The van der Waals surface area contributed by atoms with Gasteiger partial charge in [0, 0.05) is 57.6 Å². The van der Waals surface area contributed by atoms with Crippen LogP contribution >= 0.6 is 0 Å². The molecule has 7 nitrogen and oxygen atoms in total. The highest BCUT2D eigenvalue weighted by molar-refractivity contribution is 5.79. The molecule has 3 saturated heterocycles. The minimum absolute atomic E-state index is 0.211. The zero-order valence-corrected chi connectivity index (χ0v) is 17.4. The number of hydrogen-bond acceptors (Lipinski definition) is 6. The van der Waals surface area contributed by atoms with Crippen molar-refractivity contribution in [3.05, 3.63) is 11.8 Å². The molecule has 3 aliphatic heterocycles. The molecule has 0 saturated carbocycles. The molecule has 0 aliphatic carbocycles. The normalized spacial score (nSPS) is 24.6. The predicted octanol–water partition coefficient (Wildman–Crippen LogP) is 2.13. The van der Waals surface area contributed by atoms with E-state index in [2.05, 4.69) is 30.0 Å². The number of carbonyl (C=O) groups excluding carboxylic acids is 1. The average Bonchev–Trinajstić information content (AvgIpc) is 3.28. The topological polar surface area (TPSA) is 64.6 Å². The van der Waals surface area contributed by atoms with Crippen LogP contribution in [0.15, 0.2) is 6.07 Å². The van der Waals surface area contributed by atoms with Crippen LogP contribution in [0.2, 0.25) is 0 Å². The molecule has 0 aromatic carbocycles. The predicted molar refractivity (Wildman–Crippen MR) is 112 cm³/mol. The summed E-state index contributed by atoms with van der Waals surface area (Å²) >= 11 is 0. The van der Waals surface area contributed by atoms with Gasteiger partial charge in [-0.25, -0.2) is 4.98 Å². The molecular weight excluding hydrogens is 352 g/mol. The van der Waals surface area contributed by atoms with E-state index in [0.717, 1.165) is 82.4 Å². The fraction of sp³-hybridized carbons (Fsp3) is 0.762. The number of aryl methyl sites for hydroxylation is 1. The van der Waals surface area contributed by atoms with E-state index in [9.17, 15) is 4.79 Å². The smallest absolute Gasteiger partial charge is 0.227 e. The molecule has 154 valence electrons. The van der Waals surface area contributed by atoms with Crippen LogP contribution in [0.1, 0.15) is 44.2 Å². The third-order valence-corrected chi connectivity index (χ3v) is 6.58. The third kappa shape index (κ3) is 4.24. The number of nitrogens with one attached hydrogen (secondary N) is 1. The van der Waals surface area contributed by atoms with Gasteiger partial charge in [0.25, 0.3) is 0 Å². The Morgan fingerprint density at radius 1 is 1.04 bits per heavy atom. The summed E-state index contributed by atoms with van der Waals surface area (Å²) in [6, 6.07) is 2.56. The lowest BCUT2D eigenvalue weighted by Crippen LogP contribution is -2.51. The molecule has 0 radical (unpaired) electrons. The maximum absolute atomic E-state index is 12.8.